The Bertz CT molecular complexity index is 106. The quantitative estimate of drug-likeness (QED) is 0.606. The summed E-state index contributed by atoms with van der Waals surface area (Å²) in [6, 6.07) is 0. The average Bonchev–Trinajstić information content (AvgIpc) is 1.85. The molecule has 0 bridgehead atoms. The van der Waals surface area contributed by atoms with Crippen molar-refractivity contribution in [2.45, 2.75) is 13.0 Å². The number of aliphatic hydroxyl groups is 1. The van der Waals surface area contributed by atoms with Crippen LogP contribution in [0.3, 0.4) is 0 Å². The Kier molecular flexibility index (Phi) is 5.43. The molecule has 10 heavy (non-hydrogen) atoms. The van der Waals surface area contributed by atoms with E-state index in [1.807, 2.05) is 6.26 Å². The van der Waals surface area contributed by atoms with E-state index in [9.17, 15) is 4.79 Å². The molecule has 0 aromatic rings. The maximum atomic E-state index is 10.7. The molecule has 0 saturated heterocycles. The first kappa shape index (κ1) is 9.78. The smallest absolute Gasteiger partial charge is 0.230 e. The second kappa shape index (κ2) is 5.56. The van der Waals surface area contributed by atoms with Crippen LogP contribution in [-0.2, 0) is 4.79 Å². The summed E-state index contributed by atoms with van der Waals surface area (Å²) in [6.45, 7) is 1.98. The summed E-state index contributed by atoms with van der Waals surface area (Å²) in [5, 5.41) is 11.3. The molecule has 0 radical (unpaired) electrons. The van der Waals surface area contributed by atoms with Gasteiger partial charge >= 0.3 is 0 Å². The maximum absolute atomic E-state index is 10.7. The van der Waals surface area contributed by atoms with Crippen molar-refractivity contribution in [3.05, 3.63) is 0 Å². The molecule has 60 valence electrons. The molecule has 0 aliphatic rings. The van der Waals surface area contributed by atoms with Crippen molar-refractivity contribution in [3.8, 4) is 0 Å². The summed E-state index contributed by atoms with van der Waals surface area (Å²) in [7, 11) is 0. The van der Waals surface area contributed by atoms with Crippen LogP contribution in [0.2, 0.25) is 0 Å². The highest BCUT2D eigenvalue weighted by molar-refractivity contribution is 7.99. The number of amides is 1. The van der Waals surface area contributed by atoms with Crippen LogP contribution in [0.25, 0.3) is 0 Å². The van der Waals surface area contributed by atoms with Gasteiger partial charge in [-0.3, -0.25) is 4.79 Å². The lowest BCUT2D eigenvalue weighted by Crippen LogP contribution is -2.31. The van der Waals surface area contributed by atoms with E-state index in [-0.39, 0.29) is 5.91 Å². The number of hydrogen-bond donors (Lipinski definition) is 2. The molecule has 2 N–H and O–H groups in total. The molecule has 0 aromatic heterocycles. The van der Waals surface area contributed by atoms with Crippen LogP contribution in [0, 0.1) is 0 Å². The molecule has 0 aromatic carbocycles. The second-order valence-corrected chi connectivity index (χ2v) is 2.95. The fraction of sp³-hybridized carbons (Fsp3) is 0.833. The Labute approximate surface area is 65.2 Å². The summed E-state index contributed by atoms with van der Waals surface area (Å²) in [6.07, 6.45) is 1.41. The minimum Gasteiger partial charge on any atom is -0.392 e. The highest BCUT2D eigenvalue weighted by Crippen LogP contribution is 1.88. The van der Waals surface area contributed by atoms with Gasteiger partial charge in [0.2, 0.25) is 5.91 Å². The first-order chi connectivity index (χ1) is 4.66. The lowest BCUT2D eigenvalue weighted by atomic mass is 10.4. The Morgan fingerprint density at radius 1 is 1.80 bits per heavy atom. The number of aliphatic hydroxyl groups excluding tert-OH is 1. The van der Waals surface area contributed by atoms with Crippen LogP contribution < -0.4 is 5.32 Å². The topological polar surface area (TPSA) is 49.3 Å². The molecule has 0 unspecified atom stereocenters. The standard InChI is InChI=1S/C6H13NO2S/c1-5(8)3-7-6(9)4-10-2/h5,8H,3-4H2,1-2H3,(H,7,9)/t5-/m0/s1. The second-order valence-electron chi connectivity index (χ2n) is 2.09. The van der Waals surface area contributed by atoms with Crippen LogP contribution in [0.5, 0.6) is 0 Å². The zero-order valence-electron chi connectivity index (χ0n) is 6.26. The van der Waals surface area contributed by atoms with Crippen LogP contribution in [0.1, 0.15) is 6.92 Å². The zero-order chi connectivity index (χ0) is 7.98. The van der Waals surface area contributed by atoms with E-state index in [1.54, 1.807) is 6.92 Å². The van der Waals surface area contributed by atoms with E-state index in [2.05, 4.69) is 5.32 Å². The Balaban J connectivity index is 3.22. The largest absolute Gasteiger partial charge is 0.392 e. The van der Waals surface area contributed by atoms with Crippen LogP contribution >= 0.6 is 11.8 Å². The van der Waals surface area contributed by atoms with Crippen molar-refractivity contribution in [3.63, 3.8) is 0 Å². The average molecular weight is 163 g/mol. The normalized spacial score (nSPS) is 12.7. The highest BCUT2D eigenvalue weighted by atomic mass is 32.2. The number of thioether (sulfide) groups is 1. The van der Waals surface area contributed by atoms with E-state index >= 15 is 0 Å². The zero-order valence-corrected chi connectivity index (χ0v) is 7.07. The Morgan fingerprint density at radius 3 is 2.80 bits per heavy atom. The SMILES string of the molecule is CSCC(=O)NC[C@H](C)O. The summed E-state index contributed by atoms with van der Waals surface area (Å²) < 4.78 is 0. The van der Waals surface area contributed by atoms with Crippen molar-refractivity contribution in [1.29, 1.82) is 0 Å². The number of rotatable bonds is 4. The molecule has 0 heterocycles. The number of hydrogen-bond acceptors (Lipinski definition) is 3. The lowest BCUT2D eigenvalue weighted by molar-refractivity contribution is -0.118. The first-order valence-corrected chi connectivity index (χ1v) is 4.50. The van der Waals surface area contributed by atoms with E-state index in [0.29, 0.717) is 12.3 Å². The van der Waals surface area contributed by atoms with E-state index in [1.165, 1.54) is 11.8 Å². The molecule has 0 saturated carbocycles. The molecule has 0 aliphatic carbocycles. The molecular formula is C6H13NO2S. The van der Waals surface area contributed by atoms with Gasteiger partial charge < -0.3 is 10.4 Å². The summed E-state index contributed by atoms with van der Waals surface area (Å²) in [4.78, 5) is 10.7. The summed E-state index contributed by atoms with van der Waals surface area (Å²) in [5.74, 6) is 0.445. The first-order valence-electron chi connectivity index (χ1n) is 3.10. The van der Waals surface area contributed by atoms with Crippen molar-refractivity contribution in [2.75, 3.05) is 18.6 Å². The molecule has 1 amide bonds. The number of carbonyl (C=O) groups excluding carboxylic acids is 1. The molecule has 0 rings (SSSR count). The Morgan fingerprint density at radius 2 is 2.40 bits per heavy atom. The minimum absolute atomic E-state index is 0.0200. The molecule has 0 fully saturated rings. The molecule has 1 atom stereocenters. The third kappa shape index (κ3) is 5.91. The van der Waals surface area contributed by atoms with Gasteiger partial charge in [0.05, 0.1) is 11.9 Å². The maximum Gasteiger partial charge on any atom is 0.230 e. The third-order valence-electron chi connectivity index (χ3n) is 0.870. The summed E-state index contributed by atoms with van der Waals surface area (Å²) in [5.41, 5.74) is 0. The van der Waals surface area contributed by atoms with Crippen LogP contribution in [0.15, 0.2) is 0 Å². The third-order valence-corrected chi connectivity index (χ3v) is 1.42. The number of nitrogens with one attached hydrogen (secondary N) is 1. The van der Waals surface area contributed by atoms with Gasteiger partial charge in [0.1, 0.15) is 0 Å². The molecule has 0 spiro atoms. The monoisotopic (exact) mass is 163 g/mol. The van der Waals surface area contributed by atoms with Crippen LogP contribution in [-0.4, -0.2) is 35.7 Å². The van der Waals surface area contributed by atoms with Crippen molar-refractivity contribution in [2.24, 2.45) is 0 Å². The van der Waals surface area contributed by atoms with Crippen molar-refractivity contribution in [1.82, 2.24) is 5.32 Å². The van der Waals surface area contributed by atoms with Crippen molar-refractivity contribution < 1.29 is 9.90 Å². The number of carbonyl (C=O) groups is 1. The van der Waals surface area contributed by atoms with Crippen molar-refractivity contribution >= 4 is 17.7 Å². The molecule has 3 nitrogen and oxygen atoms in total. The van der Waals surface area contributed by atoms with Gasteiger partial charge in [0.25, 0.3) is 0 Å². The predicted octanol–water partition coefficient (Wildman–Crippen LogP) is -0.154. The van der Waals surface area contributed by atoms with Gasteiger partial charge in [-0.2, -0.15) is 11.8 Å². The molecular weight excluding hydrogens is 150 g/mol. The molecule has 4 heteroatoms. The van der Waals surface area contributed by atoms with E-state index in [0.717, 1.165) is 0 Å². The minimum atomic E-state index is -0.453. The fourth-order valence-electron chi connectivity index (χ4n) is 0.444. The lowest BCUT2D eigenvalue weighted by Gasteiger charge is -2.04. The van der Waals surface area contributed by atoms with Gasteiger partial charge in [0, 0.05) is 6.54 Å². The van der Waals surface area contributed by atoms with E-state index < -0.39 is 6.10 Å². The highest BCUT2D eigenvalue weighted by Gasteiger charge is 1.99. The predicted molar refractivity (Wildman–Crippen MR) is 43.1 cm³/mol. The fourth-order valence-corrected chi connectivity index (χ4v) is 0.808. The summed E-state index contributed by atoms with van der Waals surface area (Å²) >= 11 is 1.47. The molecule has 0 aliphatic heterocycles. The van der Waals surface area contributed by atoms with E-state index in [4.69, 9.17) is 5.11 Å². The Hall–Kier alpha value is -0.220. The van der Waals surface area contributed by atoms with Crippen LogP contribution in [0.4, 0.5) is 0 Å². The van der Waals surface area contributed by atoms with Gasteiger partial charge in [-0.25, -0.2) is 0 Å². The van der Waals surface area contributed by atoms with Gasteiger partial charge in [-0.15, -0.1) is 0 Å². The van der Waals surface area contributed by atoms with Gasteiger partial charge in [-0.1, -0.05) is 0 Å². The van der Waals surface area contributed by atoms with Gasteiger partial charge in [-0.05, 0) is 13.2 Å². The van der Waals surface area contributed by atoms with Gasteiger partial charge in [0.15, 0.2) is 0 Å².